The van der Waals surface area contributed by atoms with Crippen molar-refractivity contribution in [3.05, 3.63) is 92.4 Å². The minimum absolute atomic E-state index is 0.125. The molecule has 0 saturated heterocycles. The third-order valence-corrected chi connectivity index (χ3v) is 5.25. The van der Waals surface area contributed by atoms with Crippen LogP contribution in [0.4, 0.5) is 5.69 Å². The van der Waals surface area contributed by atoms with E-state index in [0.29, 0.717) is 16.9 Å². The molecule has 3 aromatic rings. The molecule has 0 aromatic heterocycles. The van der Waals surface area contributed by atoms with Crippen LogP contribution in [0.2, 0.25) is 10.0 Å². The quantitative estimate of drug-likeness (QED) is 0.157. The van der Waals surface area contributed by atoms with E-state index in [1.807, 2.05) is 0 Å². The van der Waals surface area contributed by atoms with Crippen LogP contribution >= 0.6 is 39.1 Å². The van der Waals surface area contributed by atoms with Crippen molar-refractivity contribution in [1.82, 2.24) is 5.43 Å². The molecule has 2 N–H and O–H groups in total. The SMILES string of the molecule is O=C(N/N=C\c1ccc(OC(=O)c2cccc(Br)c2)cc1)C(=O)Nc1cccc(Cl)c1Cl. The van der Waals surface area contributed by atoms with E-state index >= 15 is 0 Å². The van der Waals surface area contributed by atoms with Gasteiger partial charge in [0.15, 0.2) is 0 Å². The summed E-state index contributed by atoms with van der Waals surface area (Å²) in [4.78, 5) is 36.0. The summed E-state index contributed by atoms with van der Waals surface area (Å²) in [6, 6.07) is 17.9. The Morgan fingerprint density at radius 1 is 0.938 bits per heavy atom. The van der Waals surface area contributed by atoms with Crippen molar-refractivity contribution >= 4 is 68.8 Å². The third kappa shape index (κ3) is 6.40. The second-order valence-electron chi connectivity index (χ2n) is 6.22. The number of nitrogens with zero attached hydrogens (tertiary/aromatic N) is 1. The molecule has 0 radical (unpaired) electrons. The van der Waals surface area contributed by atoms with Crippen LogP contribution in [-0.4, -0.2) is 24.0 Å². The van der Waals surface area contributed by atoms with Gasteiger partial charge in [-0.25, -0.2) is 10.2 Å². The van der Waals surface area contributed by atoms with E-state index in [1.165, 1.54) is 12.3 Å². The first-order valence-electron chi connectivity index (χ1n) is 8.99. The fraction of sp³-hybridized carbons (Fsp3) is 0. The van der Waals surface area contributed by atoms with Gasteiger partial charge in [-0.1, -0.05) is 51.3 Å². The Bertz CT molecular complexity index is 1200. The number of anilines is 1. The first-order chi connectivity index (χ1) is 15.3. The number of benzene rings is 3. The molecule has 10 heteroatoms. The second-order valence-corrected chi connectivity index (χ2v) is 7.92. The zero-order valence-electron chi connectivity index (χ0n) is 16.1. The Labute approximate surface area is 201 Å². The standard InChI is InChI=1S/C22H14BrCl2N3O4/c23-15-4-1-3-14(11-15)22(31)32-16-9-7-13(8-10-16)12-26-28-21(30)20(29)27-18-6-2-5-17(24)19(18)25/h1-12H,(H,27,29)(H,28,30)/b26-12-. The average Bonchev–Trinajstić information content (AvgIpc) is 2.78. The molecule has 0 aliphatic carbocycles. The Kier molecular flexibility index (Phi) is 7.99. The molecular weight excluding hydrogens is 521 g/mol. The average molecular weight is 535 g/mol. The summed E-state index contributed by atoms with van der Waals surface area (Å²) in [7, 11) is 0. The third-order valence-electron chi connectivity index (χ3n) is 3.94. The molecule has 0 bridgehead atoms. The van der Waals surface area contributed by atoms with Gasteiger partial charge in [0.05, 0.1) is 27.5 Å². The number of halogens is 3. The second kappa shape index (κ2) is 10.9. The van der Waals surface area contributed by atoms with Crippen LogP contribution in [0.1, 0.15) is 15.9 Å². The van der Waals surface area contributed by atoms with Gasteiger partial charge in [0.2, 0.25) is 0 Å². The van der Waals surface area contributed by atoms with E-state index in [0.717, 1.165) is 4.47 Å². The van der Waals surface area contributed by atoms with E-state index in [2.05, 4.69) is 31.8 Å². The van der Waals surface area contributed by atoms with Gasteiger partial charge >= 0.3 is 17.8 Å². The Morgan fingerprint density at radius 2 is 1.66 bits per heavy atom. The van der Waals surface area contributed by atoms with Crippen LogP contribution < -0.4 is 15.5 Å². The molecule has 3 aromatic carbocycles. The van der Waals surface area contributed by atoms with Crippen molar-refractivity contribution in [2.45, 2.75) is 0 Å². The Balaban J connectivity index is 1.53. The molecule has 0 spiro atoms. The molecule has 0 atom stereocenters. The van der Waals surface area contributed by atoms with E-state index < -0.39 is 17.8 Å². The fourth-order valence-electron chi connectivity index (χ4n) is 2.40. The zero-order valence-corrected chi connectivity index (χ0v) is 19.2. The van der Waals surface area contributed by atoms with Crippen molar-refractivity contribution in [3.8, 4) is 5.75 Å². The highest BCUT2D eigenvalue weighted by atomic mass is 79.9. The fourth-order valence-corrected chi connectivity index (χ4v) is 3.15. The predicted octanol–water partition coefficient (Wildman–Crippen LogP) is 5.06. The summed E-state index contributed by atoms with van der Waals surface area (Å²) >= 11 is 15.1. The summed E-state index contributed by atoms with van der Waals surface area (Å²) in [6.07, 6.45) is 1.33. The lowest BCUT2D eigenvalue weighted by molar-refractivity contribution is -0.136. The molecule has 7 nitrogen and oxygen atoms in total. The summed E-state index contributed by atoms with van der Waals surface area (Å²) < 4.78 is 6.08. The number of ether oxygens (including phenoxy) is 1. The monoisotopic (exact) mass is 533 g/mol. The zero-order chi connectivity index (χ0) is 23.1. The molecule has 32 heavy (non-hydrogen) atoms. The Hall–Kier alpha value is -3.20. The van der Waals surface area contributed by atoms with Crippen molar-refractivity contribution in [2.24, 2.45) is 5.10 Å². The maximum Gasteiger partial charge on any atom is 0.343 e. The van der Waals surface area contributed by atoms with Gasteiger partial charge in [-0.3, -0.25) is 9.59 Å². The van der Waals surface area contributed by atoms with Gasteiger partial charge in [0.1, 0.15) is 5.75 Å². The number of hydrogen-bond donors (Lipinski definition) is 2. The van der Waals surface area contributed by atoms with E-state index in [-0.39, 0.29) is 15.7 Å². The van der Waals surface area contributed by atoms with Crippen LogP contribution in [0.25, 0.3) is 0 Å². The van der Waals surface area contributed by atoms with E-state index in [1.54, 1.807) is 60.7 Å². The molecule has 162 valence electrons. The topological polar surface area (TPSA) is 96.9 Å². The normalized spacial score (nSPS) is 10.6. The molecule has 0 unspecified atom stereocenters. The molecule has 0 fully saturated rings. The number of hydrogen-bond acceptors (Lipinski definition) is 5. The summed E-state index contributed by atoms with van der Waals surface area (Å²) in [5.41, 5.74) is 3.33. The van der Waals surface area contributed by atoms with Gasteiger partial charge in [0.25, 0.3) is 0 Å². The molecular formula is C22H14BrCl2N3O4. The van der Waals surface area contributed by atoms with Crippen molar-refractivity contribution in [3.63, 3.8) is 0 Å². The number of esters is 1. The van der Waals surface area contributed by atoms with Crippen molar-refractivity contribution in [1.29, 1.82) is 0 Å². The molecule has 0 heterocycles. The highest BCUT2D eigenvalue weighted by Gasteiger charge is 2.15. The van der Waals surface area contributed by atoms with Crippen LogP contribution in [0.15, 0.2) is 76.3 Å². The predicted molar refractivity (Wildman–Crippen MR) is 126 cm³/mol. The van der Waals surface area contributed by atoms with Crippen LogP contribution in [0, 0.1) is 0 Å². The number of amides is 2. The highest BCUT2D eigenvalue weighted by molar-refractivity contribution is 9.10. The summed E-state index contributed by atoms with van der Waals surface area (Å²) in [6.45, 7) is 0. The lowest BCUT2D eigenvalue weighted by Gasteiger charge is -2.07. The van der Waals surface area contributed by atoms with Crippen LogP contribution in [0.5, 0.6) is 5.75 Å². The van der Waals surface area contributed by atoms with E-state index in [4.69, 9.17) is 27.9 Å². The maximum atomic E-state index is 12.2. The van der Waals surface area contributed by atoms with Gasteiger partial charge in [-0.05, 0) is 60.2 Å². The molecule has 3 rings (SSSR count). The molecule has 0 aliphatic rings. The minimum atomic E-state index is -0.989. The maximum absolute atomic E-state index is 12.2. The first-order valence-corrected chi connectivity index (χ1v) is 10.5. The van der Waals surface area contributed by atoms with Gasteiger partial charge < -0.3 is 10.1 Å². The smallest absolute Gasteiger partial charge is 0.343 e. The van der Waals surface area contributed by atoms with Crippen molar-refractivity contribution in [2.75, 3.05) is 5.32 Å². The summed E-state index contributed by atoms with van der Waals surface area (Å²) in [5.74, 6) is -2.10. The van der Waals surface area contributed by atoms with Crippen LogP contribution in [0.3, 0.4) is 0 Å². The lowest BCUT2D eigenvalue weighted by atomic mass is 10.2. The minimum Gasteiger partial charge on any atom is -0.423 e. The molecule has 0 aliphatic heterocycles. The van der Waals surface area contributed by atoms with Gasteiger partial charge in [0, 0.05) is 4.47 Å². The summed E-state index contributed by atoms with van der Waals surface area (Å²) in [5, 5.41) is 6.45. The highest BCUT2D eigenvalue weighted by Crippen LogP contribution is 2.29. The van der Waals surface area contributed by atoms with Gasteiger partial charge in [-0.15, -0.1) is 0 Å². The number of hydrazone groups is 1. The van der Waals surface area contributed by atoms with Crippen molar-refractivity contribution < 1.29 is 19.1 Å². The molecule has 2 amide bonds. The largest absolute Gasteiger partial charge is 0.423 e. The van der Waals surface area contributed by atoms with E-state index in [9.17, 15) is 14.4 Å². The lowest BCUT2D eigenvalue weighted by Crippen LogP contribution is -2.32. The number of nitrogens with one attached hydrogen (secondary N) is 2. The molecule has 0 saturated carbocycles. The number of carbonyl (C=O) groups is 3. The number of rotatable bonds is 5. The van der Waals surface area contributed by atoms with Gasteiger partial charge in [-0.2, -0.15) is 5.10 Å². The Morgan fingerprint density at radius 3 is 2.38 bits per heavy atom. The number of carbonyl (C=O) groups excluding carboxylic acids is 3. The first kappa shape index (κ1) is 23.5. The van der Waals surface area contributed by atoms with Crippen LogP contribution in [-0.2, 0) is 9.59 Å².